The van der Waals surface area contributed by atoms with Gasteiger partial charge in [0.2, 0.25) is 0 Å². The van der Waals surface area contributed by atoms with Gasteiger partial charge in [-0.25, -0.2) is 4.79 Å². The van der Waals surface area contributed by atoms with E-state index in [1.54, 1.807) is 20.8 Å². The molecule has 0 aromatic carbocycles. The van der Waals surface area contributed by atoms with E-state index in [-0.39, 0.29) is 6.54 Å². The molecule has 0 aromatic heterocycles. The number of carbonyl (C=O) groups excluding carboxylic acids is 1. The van der Waals surface area contributed by atoms with Crippen LogP contribution in [0.5, 0.6) is 0 Å². The molecule has 8 heteroatoms. The number of ether oxygens (including phenoxy) is 2. The molecule has 0 rings (SSSR count). The lowest BCUT2D eigenvalue weighted by molar-refractivity contribution is 0.0489. The summed E-state index contributed by atoms with van der Waals surface area (Å²) in [5.74, 6) is 0. The van der Waals surface area contributed by atoms with Gasteiger partial charge in [0.25, 0.3) is 10.1 Å². The van der Waals surface area contributed by atoms with Crippen LogP contribution in [0.1, 0.15) is 27.2 Å². The van der Waals surface area contributed by atoms with Gasteiger partial charge in [0, 0.05) is 26.7 Å². The van der Waals surface area contributed by atoms with Crippen molar-refractivity contribution in [1.82, 2.24) is 5.32 Å². The minimum atomic E-state index is -3.58. The lowest BCUT2D eigenvalue weighted by Gasteiger charge is -2.21. The number of hydrogen-bond donors (Lipinski definition) is 1. The van der Waals surface area contributed by atoms with E-state index >= 15 is 0 Å². The molecule has 0 aliphatic rings. The summed E-state index contributed by atoms with van der Waals surface area (Å²) in [6.45, 7) is 5.58. The Hall–Kier alpha value is -0.860. The highest BCUT2D eigenvalue weighted by Gasteiger charge is 2.19. The van der Waals surface area contributed by atoms with Crippen LogP contribution in [-0.2, 0) is 23.8 Å². The van der Waals surface area contributed by atoms with Gasteiger partial charge >= 0.3 is 6.09 Å². The number of carbonyl (C=O) groups is 1. The van der Waals surface area contributed by atoms with Crippen LogP contribution in [-0.4, -0.2) is 52.7 Å². The van der Waals surface area contributed by atoms with Crippen molar-refractivity contribution >= 4 is 16.2 Å². The average molecular weight is 297 g/mol. The summed E-state index contributed by atoms with van der Waals surface area (Å²) in [4.78, 5) is 11.4. The molecule has 0 saturated heterocycles. The lowest BCUT2D eigenvalue weighted by atomic mass is 10.2. The van der Waals surface area contributed by atoms with E-state index in [4.69, 9.17) is 13.7 Å². The average Bonchev–Trinajstić information content (AvgIpc) is 2.17. The molecule has 114 valence electrons. The smallest absolute Gasteiger partial charge is 0.407 e. The van der Waals surface area contributed by atoms with Crippen molar-refractivity contribution < 1.29 is 26.9 Å². The number of rotatable bonds is 7. The third-order valence-electron chi connectivity index (χ3n) is 1.83. The molecule has 0 aliphatic carbocycles. The fourth-order valence-electron chi connectivity index (χ4n) is 1.19. The van der Waals surface area contributed by atoms with E-state index in [1.165, 1.54) is 7.11 Å². The van der Waals surface area contributed by atoms with Crippen molar-refractivity contribution in [3.63, 3.8) is 0 Å². The van der Waals surface area contributed by atoms with Gasteiger partial charge in [-0.1, -0.05) is 0 Å². The van der Waals surface area contributed by atoms with Crippen molar-refractivity contribution in [3.05, 3.63) is 0 Å². The Morgan fingerprint density at radius 3 is 2.32 bits per heavy atom. The van der Waals surface area contributed by atoms with Crippen molar-refractivity contribution in [2.45, 2.75) is 38.9 Å². The molecule has 1 amide bonds. The Balaban J connectivity index is 4.29. The van der Waals surface area contributed by atoms with Gasteiger partial charge < -0.3 is 14.8 Å². The predicted octanol–water partition coefficient (Wildman–Crippen LogP) is 0.892. The molecular weight excluding hydrogens is 274 g/mol. The summed E-state index contributed by atoms with van der Waals surface area (Å²) in [6.07, 6.45) is 0.00843. The molecule has 0 aliphatic heterocycles. The molecule has 0 fully saturated rings. The van der Waals surface area contributed by atoms with E-state index in [0.29, 0.717) is 13.0 Å². The molecule has 1 atom stereocenters. The molecule has 0 heterocycles. The number of nitrogens with one attached hydrogen (secondary N) is 1. The topological polar surface area (TPSA) is 90.9 Å². The second kappa shape index (κ2) is 7.66. The van der Waals surface area contributed by atoms with Crippen LogP contribution in [0, 0.1) is 0 Å². The molecule has 0 bridgehead atoms. The summed E-state index contributed by atoms with van der Waals surface area (Å²) < 4.78 is 36.9. The summed E-state index contributed by atoms with van der Waals surface area (Å²) in [5, 5.41) is 2.46. The van der Waals surface area contributed by atoms with Crippen LogP contribution < -0.4 is 5.32 Å². The minimum absolute atomic E-state index is 0.0331. The van der Waals surface area contributed by atoms with E-state index in [9.17, 15) is 13.2 Å². The molecular formula is C11H23NO6S. The second-order valence-electron chi connectivity index (χ2n) is 5.09. The number of methoxy groups -OCH3 is 1. The van der Waals surface area contributed by atoms with E-state index in [1.807, 2.05) is 0 Å². The molecule has 0 spiro atoms. The van der Waals surface area contributed by atoms with Gasteiger partial charge in [0.05, 0.1) is 12.4 Å². The normalized spacial score (nSPS) is 13.9. The summed E-state index contributed by atoms with van der Waals surface area (Å²) in [7, 11) is -2.09. The quantitative estimate of drug-likeness (QED) is 0.702. The van der Waals surface area contributed by atoms with Crippen molar-refractivity contribution in [2.75, 3.05) is 26.5 Å². The third-order valence-corrected chi connectivity index (χ3v) is 2.45. The van der Waals surface area contributed by atoms with Crippen LogP contribution in [0.15, 0.2) is 0 Å². The molecule has 0 radical (unpaired) electrons. The van der Waals surface area contributed by atoms with Gasteiger partial charge in [0.15, 0.2) is 0 Å². The zero-order valence-electron chi connectivity index (χ0n) is 12.1. The van der Waals surface area contributed by atoms with Crippen molar-refractivity contribution in [1.29, 1.82) is 0 Å². The minimum Gasteiger partial charge on any atom is -0.444 e. The molecule has 7 nitrogen and oxygen atoms in total. The molecule has 0 saturated carbocycles. The van der Waals surface area contributed by atoms with Gasteiger partial charge in [0.1, 0.15) is 5.60 Å². The first-order chi connectivity index (χ1) is 8.53. The Labute approximate surface area is 114 Å². The van der Waals surface area contributed by atoms with Crippen molar-refractivity contribution in [3.8, 4) is 0 Å². The third kappa shape index (κ3) is 11.9. The van der Waals surface area contributed by atoms with Crippen LogP contribution >= 0.6 is 0 Å². The zero-order valence-corrected chi connectivity index (χ0v) is 12.9. The molecule has 19 heavy (non-hydrogen) atoms. The summed E-state index contributed by atoms with van der Waals surface area (Å²) in [5.41, 5.74) is -0.607. The highest BCUT2D eigenvalue weighted by atomic mass is 32.2. The standard InChI is InChI=1S/C11H23NO6S/c1-11(2,3)17-10(13)12-8-9(6-7-16-4)18-19(5,14)15/h9H,6-8H2,1-5H3,(H,12,13). The Morgan fingerprint density at radius 2 is 1.89 bits per heavy atom. The SMILES string of the molecule is COCCC(CNC(=O)OC(C)(C)C)OS(C)(=O)=O. The molecule has 1 unspecified atom stereocenters. The van der Waals surface area contributed by atoms with Crippen molar-refractivity contribution in [2.24, 2.45) is 0 Å². The first-order valence-electron chi connectivity index (χ1n) is 5.87. The highest BCUT2D eigenvalue weighted by molar-refractivity contribution is 7.86. The Morgan fingerprint density at radius 1 is 1.32 bits per heavy atom. The van der Waals surface area contributed by atoms with Crippen LogP contribution in [0.3, 0.4) is 0 Å². The van der Waals surface area contributed by atoms with Gasteiger partial charge in [-0.2, -0.15) is 8.42 Å². The fraction of sp³-hybridized carbons (Fsp3) is 0.909. The van der Waals surface area contributed by atoms with E-state index in [0.717, 1.165) is 6.26 Å². The fourth-order valence-corrected chi connectivity index (χ4v) is 1.85. The maximum atomic E-state index is 11.4. The largest absolute Gasteiger partial charge is 0.444 e. The number of hydrogen-bond acceptors (Lipinski definition) is 6. The Bertz CT molecular complexity index is 373. The monoisotopic (exact) mass is 297 g/mol. The Kier molecular flexibility index (Phi) is 7.32. The summed E-state index contributed by atoms with van der Waals surface area (Å²) >= 11 is 0. The number of amides is 1. The van der Waals surface area contributed by atoms with Gasteiger partial charge in [-0.05, 0) is 20.8 Å². The second-order valence-corrected chi connectivity index (χ2v) is 6.69. The zero-order chi connectivity index (χ0) is 15.1. The maximum Gasteiger partial charge on any atom is 0.407 e. The van der Waals surface area contributed by atoms with Gasteiger partial charge in [-0.15, -0.1) is 0 Å². The lowest BCUT2D eigenvalue weighted by Crippen LogP contribution is -2.38. The first-order valence-corrected chi connectivity index (χ1v) is 7.69. The van der Waals surface area contributed by atoms with Crippen LogP contribution in [0.2, 0.25) is 0 Å². The highest BCUT2D eigenvalue weighted by Crippen LogP contribution is 2.07. The van der Waals surface area contributed by atoms with Crippen LogP contribution in [0.25, 0.3) is 0 Å². The predicted molar refractivity (Wildman–Crippen MR) is 70.4 cm³/mol. The van der Waals surface area contributed by atoms with Gasteiger partial charge in [-0.3, -0.25) is 4.18 Å². The van der Waals surface area contributed by atoms with E-state index in [2.05, 4.69) is 5.32 Å². The number of alkyl carbamates (subject to hydrolysis) is 1. The first kappa shape index (κ1) is 18.1. The molecule has 0 aromatic rings. The molecule has 1 N–H and O–H groups in total. The summed E-state index contributed by atoms with van der Waals surface area (Å²) in [6, 6.07) is 0. The van der Waals surface area contributed by atoms with E-state index < -0.39 is 27.9 Å². The van der Waals surface area contributed by atoms with Crippen LogP contribution in [0.4, 0.5) is 4.79 Å². The maximum absolute atomic E-state index is 11.4.